The number of hydrogen-bond donors (Lipinski definition) is 3. The highest BCUT2D eigenvalue weighted by Gasteiger charge is 2.05. The summed E-state index contributed by atoms with van der Waals surface area (Å²) in [6.45, 7) is 3.51. The molecule has 0 spiro atoms. The monoisotopic (exact) mass is 464 g/mol. The molecule has 0 bridgehead atoms. The number of methoxy groups -OCH3 is 1. The number of carbonyl (C=O) groups excluding carboxylic acids is 1. The van der Waals surface area contributed by atoms with E-state index in [-0.39, 0.29) is 36.4 Å². The molecule has 1 heterocycles. The van der Waals surface area contributed by atoms with Gasteiger partial charge >= 0.3 is 0 Å². The van der Waals surface area contributed by atoms with Gasteiger partial charge in [0.2, 0.25) is 5.91 Å². The SMILES string of the molecule is CN=C(NCCN(C)CCCOC)NCC(=O)Nc1cccnc1.I. The van der Waals surface area contributed by atoms with Crippen molar-refractivity contribution in [3.63, 3.8) is 0 Å². The molecule has 0 aliphatic rings. The Kier molecular flexibility index (Phi) is 14.0. The first kappa shape index (κ1) is 23.5. The number of rotatable bonds is 10. The number of likely N-dealkylation sites (N-methyl/N-ethyl adjacent to an activating group) is 1. The second kappa shape index (κ2) is 14.8. The number of aromatic nitrogens is 1. The number of nitrogens with one attached hydrogen (secondary N) is 3. The zero-order valence-corrected chi connectivity index (χ0v) is 17.4. The van der Waals surface area contributed by atoms with Crippen molar-refractivity contribution in [2.75, 3.05) is 59.3 Å². The lowest BCUT2D eigenvalue weighted by Crippen LogP contribution is -2.43. The van der Waals surface area contributed by atoms with E-state index in [0.29, 0.717) is 11.6 Å². The molecule has 0 fully saturated rings. The third-order valence-corrected chi connectivity index (χ3v) is 3.26. The number of pyridine rings is 1. The molecule has 8 nitrogen and oxygen atoms in total. The molecule has 0 atom stereocenters. The minimum absolute atomic E-state index is 0. The molecule has 25 heavy (non-hydrogen) atoms. The predicted molar refractivity (Wildman–Crippen MR) is 112 cm³/mol. The van der Waals surface area contributed by atoms with Gasteiger partial charge in [0, 0.05) is 46.6 Å². The molecular formula is C16H29IN6O2. The van der Waals surface area contributed by atoms with E-state index in [1.54, 1.807) is 38.7 Å². The molecule has 0 unspecified atom stereocenters. The number of amides is 1. The fourth-order valence-corrected chi connectivity index (χ4v) is 1.98. The summed E-state index contributed by atoms with van der Waals surface area (Å²) in [5, 5.41) is 8.92. The van der Waals surface area contributed by atoms with Crippen LogP contribution in [0.1, 0.15) is 6.42 Å². The Labute approximate surface area is 166 Å². The summed E-state index contributed by atoms with van der Waals surface area (Å²) in [7, 11) is 5.45. The summed E-state index contributed by atoms with van der Waals surface area (Å²) >= 11 is 0. The Morgan fingerprint density at radius 1 is 1.36 bits per heavy atom. The molecule has 1 rings (SSSR count). The maximum absolute atomic E-state index is 11.9. The van der Waals surface area contributed by atoms with Crippen molar-refractivity contribution in [2.24, 2.45) is 4.99 Å². The van der Waals surface area contributed by atoms with E-state index in [4.69, 9.17) is 4.74 Å². The Morgan fingerprint density at radius 3 is 2.80 bits per heavy atom. The molecule has 3 N–H and O–H groups in total. The molecule has 1 aromatic heterocycles. The highest BCUT2D eigenvalue weighted by molar-refractivity contribution is 14.0. The maximum Gasteiger partial charge on any atom is 0.243 e. The van der Waals surface area contributed by atoms with Gasteiger partial charge in [-0.1, -0.05) is 0 Å². The Balaban J connectivity index is 0.00000576. The molecule has 0 saturated heterocycles. The molecular weight excluding hydrogens is 435 g/mol. The Morgan fingerprint density at radius 2 is 2.16 bits per heavy atom. The number of guanidine groups is 1. The lowest BCUT2D eigenvalue weighted by Gasteiger charge is -2.18. The maximum atomic E-state index is 11.9. The number of aliphatic imine (C=N–C) groups is 1. The van der Waals surface area contributed by atoms with E-state index in [2.05, 4.69) is 37.9 Å². The summed E-state index contributed by atoms with van der Waals surface area (Å²) in [6.07, 6.45) is 4.27. The van der Waals surface area contributed by atoms with Crippen LogP contribution in [-0.4, -0.2) is 75.7 Å². The third kappa shape index (κ3) is 11.7. The zero-order chi connectivity index (χ0) is 17.6. The quantitative estimate of drug-likeness (QED) is 0.205. The highest BCUT2D eigenvalue weighted by atomic mass is 127. The smallest absolute Gasteiger partial charge is 0.243 e. The summed E-state index contributed by atoms with van der Waals surface area (Å²) in [5.41, 5.74) is 0.671. The van der Waals surface area contributed by atoms with Crippen LogP contribution in [0, 0.1) is 0 Å². The third-order valence-electron chi connectivity index (χ3n) is 3.26. The van der Waals surface area contributed by atoms with Crippen molar-refractivity contribution in [1.82, 2.24) is 20.5 Å². The highest BCUT2D eigenvalue weighted by Crippen LogP contribution is 2.01. The molecule has 0 saturated carbocycles. The van der Waals surface area contributed by atoms with Gasteiger partial charge in [-0.25, -0.2) is 0 Å². The lowest BCUT2D eigenvalue weighted by atomic mass is 10.4. The molecule has 0 aliphatic carbocycles. The largest absolute Gasteiger partial charge is 0.385 e. The van der Waals surface area contributed by atoms with E-state index in [1.165, 1.54) is 0 Å². The van der Waals surface area contributed by atoms with Crippen molar-refractivity contribution < 1.29 is 9.53 Å². The van der Waals surface area contributed by atoms with Crippen LogP contribution in [0.3, 0.4) is 0 Å². The molecule has 0 radical (unpaired) electrons. The van der Waals surface area contributed by atoms with Crippen molar-refractivity contribution in [1.29, 1.82) is 0 Å². The average Bonchev–Trinajstić information content (AvgIpc) is 2.59. The van der Waals surface area contributed by atoms with Gasteiger partial charge in [0.05, 0.1) is 18.4 Å². The van der Waals surface area contributed by atoms with Gasteiger partial charge in [0.1, 0.15) is 0 Å². The summed E-state index contributed by atoms with van der Waals surface area (Å²) in [5.74, 6) is 0.448. The van der Waals surface area contributed by atoms with E-state index < -0.39 is 0 Å². The second-order valence-corrected chi connectivity index (χ2v) is 5.29. The molecule has 0 aromatic carbocycles. The minimum Gasteiger partial charge on any atom is -0.385 e. The van der Waals surface area contributed by atoms with Crippen LogP contribution in [0.5, 0.6) is 0 Å². The van der Waals surface area contributed by atoms with Crippen LogP contribution in [0.4, 0.5) is 5.69 Å². The van der Waals surface area contributed by atoms with Crippen molar-refractivity contribution in [2.45, 2.75) is 6.42 Å². The molecule has 142 valence electrons. The van der Waals surface area contributed by atoms with Gasteiger partial charge in [-0.2, -0.15) is 0 Å². The number of nitrogens with zero attached hydrogens (tertiary/aromatic N) is 3. The van der Waals surface area contributed by atoms with E-state index in [1.807, 2.05) is 0 Å². The molecule has 0 aliphatic heterocycles. The number of ether oxygens (including phenoxy) is 1. The summed E-state index contributed by atoms with van der Waals surface area (Å²) in [6, 6.07) is 3.56. The number of halogens is 1. The number of carbonyl (C=O) groups is 1. The first-order valence-electron chi connectivity index (χ1n) is 7.97. The number of anilines is 1. The van der Waals surface area contributed by atoms with E-state index in [9.17, 15) is 4.79 Å². The fourth-order valence-electron chi connectivity index (χ4n) is 1.98. The van der Waals surface area contributed by atoms with Crippen LogP contribution in [0.2, 0.25) is 0 Å². The first-order valence-corrected chi connectivity index (χ1v) is 7.97. The normalized spacial score (nSPS) is 11.0. The standard InChI is InChI=1S/C16H28N6O2.HI/c1-17-16(19-8-10-22(2)9-5-11-24-3)20-13-15(23)21-14-6-4-7-18-12-14;/h4,6-7,12H,5,8-11,13H2,1-3H3,(H,21,23)(H2,17,19,20);1H. The summed E-state index contributed by atoms with van der Waals surface area (Å²) in [4.78, 5) is 22.1. The Hall–Kier alpha value is -1.46. The van der Waals surface area contributed by atoms with Crippen LogP contribution in [0.15, 0.2) is 29.5 Å². The fraction of sp³-hybridized carbons (Fsp3) is 0.562. The van der Waals surface area contributed by atoms with Crippen molar-refractivity contribution in [3.05, 3.63) is 24.5 Å². The summed E-state index contributed by atoms with van der Waals surface area (Å²) < 4.78 is 5.04. The zero-order valence-electron chi connectivity index (χ0n) is 15.1. The molecule has 1 amide bonds. The van der Waals surface area contributed by atoms with Gasteiger partial charge in [-0.3, -0.25) is 14.8 Å². The minimum atomic E-state index is -0.150. The van der Waals surface area contributed by atoms with Crippen LogP contribution in [0.25, 0.3) is 0 Å². The van der Waals surface area contributed by atoms with Gasteiger partial charge in [-0.15, -0.1) is 24.0 Å². The lowest BCUT2D eigenvalue weighted by molar-refractivity contribution is -0.115. The average molecular weight is 464 g/mol. The topological polar surface area (TPSA) is 90.9 Å². The second-order valence-electron chi connectivity index (χ2n) is 5.29. The van der Waals surface area contributed by atoms with E-state index >= 15 is 0 Å². The van der Waals surface area contributed by atoms with Gasteiger partial charge < -0.3 is 25.6 Å². The van der Waals surface area contributed by atoms with Crippen molar-refractivity contribution >= 4 is 41.5 Å². The van der Waals surface area contributed by atoms with Gasteiger partial charge in [0.25, 0.3) is 0 Å². The van der Waals surface area contributed by atoms with E-state index in [0.717, 1.165) is 32.7 Å². The van der Waals surface area contributed by atoms with Gasteiger partial charge in [0.15, 0.2) is 5.96 Å². The first-order chi connectivity index (χ1) is 11.7. The molecule has 9 heteroatoms. The predicted octanol–water partition coefficient (Wildman–Crippen LogP) is 0.771. The van der Waals surface area contributed by atoms with Crippen LogP contribution >= 0.6 is 24.0 Å². The van der Waals surface area contributed by atoms with Gasteiger partial charge in [-0.05, 0) is 25.6 Å². The van der Waals surface area contributed by atoms with Crippen LogP contribution in [-0.2, 0) is 9.53 Å². The van der Waals surface area contributed by atoms with Crippen LogP contribution < -0.4 is 16.0 Å². The van der Waals surface area contributed by atoms with Crippen molar-refractivity contribution in [3.8, 4) is 0 Å². The molecule has 1 aromatic rings. The Bertz CT molecular complexity index is 501. The number of hydrogen-bond acceptors (Lipinski definition) is 5.